The molecule has 8 heavy (non-hydrogen) atoms. The number of hydrogen-bond acceptors (Lipinski definition) is 1. The highest BCUT2D eigenvalue weighted by atomic mass is 28.4. The van der Waals surface area contributed by atoms with Gasteiger partial charge in [-0.25, -0.2) is 0 Å². The smallest absolute Gasteiger partial charge is 0.179 e. The average molecular weight is 148 g/mol. The molecule has 0 aliphatic heterocycles. The minimum Gasteiger partial charge on any atom is -0.433 e. The lowest BCUT2D eigenvalue weighted by Gasteiger charge is -2.00. The van der Waals surface area contributed by atoms with E-state index in [9.17, 15) is 0 Å². The van der Waals surface area contributed by atoms with Gasteiger partial charge in [0.25, 0.3) is 0 Å². The van der Waals surface area contributed by atoms with E-state index in [1.54, 1.807) is 0 Å². The molecule has 1 N–H and O–H groups in total. The molecule has 0 atom stereocenters. The summed E-state index contributed by atoms with van der Waals surface area (Å²) in [5.74, 6) is 0. The van der Waals surface area contributed by atoms with Gasteiger partial charge >= 0.3 is 0 Å². The summed E-state index contributed by atoms with van der Waals surface area (Å²) in [4.78, 5) is 8.66. The molecule has 3 heteroatoms. The van der Waals surface area contributed by atoms with Crippen molar-refractivity contribution >= 4 is 18.6 Å². The van der Waals surface area contributed by atoms with Gasteiger partial charge in [-0.3, -0.25) is 0 Å². The van der Waals surface area contributed by atoms with E-state index in [0.29, 0.717) is 0 Å². The molecule has 0 aromatic heterocycles. The fraction of sp³-hybridized carbons (Fsp3) is 0.600. The fourth-order valence-corrected chi connectivity index (χ4v) is 0. The molecule has 0 aromatic rings. The van der Waals surface area contributed by atoms with Crippen LogP contribution in [0.2, 0.25) is 19.6 Å². The zero-order valence-electron chi connectivity index (χ0n) is 6.23. The van der Waals surface area contributed by atoms with Gasteiger partial charge in [-0.1, -0.05) is 0 Å². The monoisotopic (exact) mass is 148 g/mol. The molecule has 0 spiro atoms. The largest absolute Gasteiger partial charge is 0.433 e. The van der Waals surface area contributed by atoms with E-state index in [0.717, 1.165) is 10.2 Å². The third-order valence-electron chi connectivity index (χ3n) is 0. The van der Waals surface area contributed by atoms with Gasteiger partial charge in [-0.2, -0.15) is 0 Å². The Labute approximate surface area is 56.0 Å². The quantitative estimate of drug-likeness (QED) is 0.490. The molecule has 0 radical (unpaired) electrons. The Balaban J connectivity index is 0. The first kappa shape index (κ1) is 11.0. The third-order valence-corrected chi connectivity index (χ3v) is 0. The topological polar surface area (TPSA) is 20.2 Å². The van der Waals surface area contributed by atoms with Crippen LogP contribution in [0.4, 0.5) is 0 Å². The van der Waals surface area contributed by atoms with Crippen LogP contribution < -0.4 is 0 Å². The molecule has 0 bridgehead atoms. The summed E-state index contributed by atoms with van der Waals surface area (Å²) in [6.45, 7) is 9.07. The average Bonchev–Trinajstić information content (AvgIpc) is 1.27. The Kier molecular flexibility index (Phi) is 7.25. The summed E-state index contributed by atoms with van der Waals surface area (Å²) >= 11 is 0. The van der Waals surface area contributed by atoms with Crippen molar-refractivity contribution in [3.63, 3.8) is 0 Å². The molecule has 50 valence electrons. The van der Waals surface area contributed by atoms with E-state index in [-0.39, 0.29) is 0 Å². The lowest BCUT2D eigenvalue weighted by Crippen LogP contribution is -2.17. The van der Waals surface area contributed by atoms with Crippen LogP contribution in [-0.2, 0) is 0 Å². The molecule has 0 aromatic carbocycles. The van der Waals surface area contributed by atoms with Gasteiger partial charge in [0.1, 0.15) is 0 Å². The lowest BCUT2D eigenvalue weighted by atomic mass is 11.3. The van der Waals surface area contributed by atoms with E-state index >= 15 is 0 Å². The van der Waals surface area contributed by atoms with Gasteiger partial charge in [-0.05, 0) is 19.6 Å². The normalized spacial score (nSPS) is 9.50. The maximum absolute atomic E-state index is 8.66. The molecule has 0 heterocycles. The second kappa shape index (κ2) is 5.27. The van der Waals surface area contributed by atoms with Crippen LogP contribution in [0.3, 0.4) is 0 Å². The molecular formula is C5H16OSi2. The fourth-order valence-electron chi connectivity index (χ4n) is 0. The zero-order valence-corrected chi connectivity index (χ0v) is 9.23. The number of rotatable bonds is 0. The Morgan fingerprint density at radius 1 is 1.50 bits per heavy atom. The molecule has 0 saturated carbocycles. The van der Waals surface area contributed by atoms with Gasteiger partial charge in [-0.15, -0.1) is 12.3 Å². The standard InChI is InChI=1S/C3H10OSi.C2H6Si/c1-5(2,3)4;1-2-3/h4H,1-3H3;2H,1H2,3H3. The maximum atomic E-state index is 8.66. The third kappa shape index (κ3) is 9030. The molecule has 1 nitrogen and oxygen atoms in total. The van der Waals surface area contributed by atoms with Gasteiger partial charge in [0, 0.05) is 10.2 Å². The van der Waals surface area contributed by atoms with Crippen LogP contribution in [0.5, 0.6) is 0 Å². The van der Waals surface area contributed by atoms with E-state index in [4.69, 9.17) is 4.80 Å². The summed E-state index contributed by atoms with van der Waals surface area (Å²) in [5, 5.41) is 0. The predicted molar refractivity (Wildman–Crippen MR) is 45.7 cm³/mol. The molecule has 0 rings (SSSR count). The highest BCUT2D eigenvalue weighted by Gasteiger charge is 2.03. The zero-order chi connectivity index (χ0) is 7.21. The highest BCUT2D eigenvalue weighted by Crippen LogP contribution is 1.88. The second-order valence-electron chi connectivity index (χ2n) is 2.58. The first-order chi connectivity index (χ1) is 3.41. The van der Waals surface area contributed by atoms with Crippen molar-refractivity contribution in [1.82, 2.24) is 0 Å². The van der Waals surface area contributed by atoms with Crippen LogP contribution in [0.25, 0.3) is 0 Å². The van der Waals surface area contributed by atoms with Crippen molar-refractivity contribution in [1.29, 1.82) is 0 Å². The van der Waals surface area contributed by atoms with E-state index < -0.39 is 8.32 Å². The van der Waals surface area contributed by atoms with Crippen molar-refractivity contribution in [3.8, 4) is 0 Å². The molecular weight excluding hydrogens is 132 g/mol. The first-order valence-corrected chi connectivity index (χ1v) is 7.31. The van der Waals surface area contributed by atoms with Crippen LogP contribution in [-0.4, -0.2) is 23.4 Å². The van der Waals surface area contributed by atoms with Crippen LogP contribution in [0.1, 0.15) is 0 Å². The predicted octanol–water partition coefficient (Wildman–Crippen LogP) is 0.309. The lowest BCUT2D eigenvalue weighted by molar-refractivity contribution is 0.561. The molecule has 0 unspecified atom stereocenters. The summed E-state index contributed by atoms with van der Waals surface area (Å²) in [7, 11) is -0.478. The molecule has 0 aliphatic carbocycles. The van der Waals surface area contributed by atoms with Gasteiger partial charge in [0.05, 0.1) is 0 Å². The van der Waals surface area contributed by atoms with Gasteiger partial charge in [0.2, 0.25) is 0 Å². The van der Waals surface area contributed by atoms with Crippen LogP contribution >= 0.6 is 0 Å². The number of hydrogen-bond donors (Lipinski definition) is 1. The van der Waals surface area contributed by atoms with Gasteiger partial charge in [0.15, 0.2) is 8.32 Å². The summed E-state index contributed by atoms with van der Waals surface area (Å²) in [6, 6.07) is 0. The maximum Gasteiger partial charge on any atom is 0.179 e. The van der Waals surface area contributed by atoms with E-state index in [1.807, 2.05) is 25.3 Å². The Morgan fingerprint density at radius 3 is 1.50 bits per heavy atom. The Bertz CT molecular complexity index is 49.9. The minimum absolute atomic E-state index is 1.13. The Hall–Kier alpha value is 0.134. The van der Waals surface area contributed by atoms with E-state index in [1.165, 1.54) is 0 Å². The summed E-state index contributed by atoms with van der Waals surface area (Å²) < 4.78 is 0. The van der Waals surface area contributed by atoms with Crippen molar-refractivity contribution in [3.05, 3.63) is 12.3 Å². The molecule has 0 aliphatic rings. The first-order valence-electron chi connectivity index (χ1n) is 2.71. The van der Waals surface area contributed by atoms with Crippen molar-refractivity contribution in [2.24, 2.45) is 0 Å². The summed E-state index contributed by atoms with van der Waals surface area (Å²) in [6.07, 6.45) is 0. The van der Waals surface area contributed by atoms with Crippen molar-refractivity contribution in [2.75, 3.05) is 0 Å². The molecule has 0 saturated heterocycles. The SMILES string of the molecule is C=C[SiH3].C[Si](C)(C)O. The van der Waals surface area contributed by atoms with Crippen molar-refractivity contribution in [2.45, 2.75) is 19.6 Å². The minimum atomic E-state index is -1.61. The Morgan fingerprint density at radius 2 is 1.50 bits per heavy atom. The van der Waals surface area contributed by atoms with Crippen molar-refractivity contribution < 1.29 is 4.80 Å². The van der Waals surface area contributed by atoms with Crippen LogP contribution in [0.15, 0.2) is 12.3 Å². The molecule has 0 fully saturated rings. The highest BCUT2D eigenvalue weighted by molar-refractivity contribution is 6.68. The second-order valence-corrected chi connectivity index (χ2v) is 7.74. The van der Waals surface area contributed by atoms with Crippen LogP contribution in [0, 0.1) is 0 Å². The van der Waals surface area contributed by atoms with E-state index in [2.05, 4.69) is 6.58 Å². The van der Waals surface area contributed by atoms with Gasteiger partial charge < -0.3 is 4.80 Å². The molecule has 0 amide bonds. The summed E-state index contributed by atoms with van der Waals surface area (Å²) in [5.41, 5.74) is 1.89.